The molecule has 0 radical (unpaired) electrons. The minimum atomic E-state index is -5.08. The van der Waals surface area contributed by atoms with Crippen LogP contribution in [0.1, 0.15) is 10.4 Å². The van der Waals surface area contributed by atoms with Crippen molar-refractivity contribution in [3.63, 3.8) is 0 Å². The van der Waals surface area contributed by atoms with E-state index < -0.39 is 28.1 Å². The van der Waals surface area contributed by atoms with Crippen molar-refractivity contribution in [2.75, 3.05) is 17.6 Å². The van der Waals surface area contributed by atoms with Gasteiger partial charge in [0, 0.05) is 11.8 Å². The average Bonchev–Trinajstić information content (AvgIpc) is 2.78. The van der Waals surface area contributed by atoms with Crippen molar-refractivity contribution < 1.29 is 46.1 Å². The Labute approximate surface area is 197 Å². The Morgan fingerprint density at radius 3 is 2.06 bits per heavy atom. The van der Waals surface area contributed by atoms with Crippen molar-refractivity contribution in [1.82, 2.24) is 0 Å². The number of halogens is 3. The molecule has 0 fully saturated rings. The lowest BCUT2D eigenvalue weighted by molar-refractivity contribution is -0.192. The second-order valence-corrected chi connectivity index (χ2v) is 8.47. The molecule has 0 heterocycles. The van der Waals surface area contributed by atoms with Gasteiger partial charge in [0.25, 0.3) is 10.0 Å². The fourth-order valence-corrected chi connectivity index (χ4v) is 3.75. The number of hydrogen-bond donors (Lipinski definition) is 4. The Bertz CT molecular complexity index is 1340. The number of aromatic hydroxyl groups is 1. The topological polar surface area (TPSA) is 156 Å². The number of hydrogen-bond acceptors (Lipinski definition) is 7. The molecule has 0 aliphatic carbocycles. The van der Waals surface area contributed by atoms with Gasteiger partial charge < -0.3 is 20.7 Å². The molecular formula is C22H19F3N2O7S. The normalized spacial score (nSPS) is 11.1. The molecule has 0 amide bonds. The Hall–Kier alpha value is -4.26. The van der Waals surface area contributed by atoms with E-state index in [0.717, 1.165) is 11.6 Å². The first kappa shape index (κ1) is 27.0. The maximum absolute atomic E-state index is 12.7. The third-order valence-electron chi connectivity index (χ3n) is 4.26. The predicted octanol–water partition coefficient (Wildman–Crippen LogP) is 3.86. The second kappa shape index (κ2) is 10.8. The van der Waals surface area contributed by atoms with Crippen LogP contribution in [-0.4, -0.2) is 43.9 Å². The summed E-state index contributed by atoms with van der Waals surface area (Å²) in [6.07, 6.45) is -5.08. The number of benzene rings is 3. The number of nitrogens with two attached hydrogens (primary N) is 1. The van der Waals surface area contributed by atoms with Gasteiger partial charge in [0.05, 0.1) is 17.7 Å². The molecule has 0 aliphatic heterocycles. The highest BCUT2D eigenvalue weighted by molar-refractivity contribution is 7.92. The summed E-state index contributed by atoms with van der Waals surface area (Å²) in [4.78, 5) is 20.5. The maximum Gasteiger partial charge on any atom is 0.490 e. The minimum absolute atomic E-state index is 0.0453. The van der Waals surface area contributed by atoms with Gasteiger partial charge in [0.2, 0.25) is 0 Å². The quantitative estimate of drug-likeness (QED) is 0.297. The highest BCUT2D eigenvalue weighted by atomic mass is 32.2. The van der Waals surface area contributed by atoms with Crippen LogP contribution >= 0.6 is 0 Å². The fourth-order valence-electron chi connectivity index (χ4n) is 2.65. The number of alkyl halides is 3. The number of nitrogen functional groups attached to an aromatic ring is 1. The molecule has 13 heteroatoms. The van der Waals surface area contributed by atoms with Crippen LogP contribution in [0.5, 0.6) is 5.75 Å². The van der Waals surface area contributed by atoms with Gasteiger partial charge in [-0.25, -0.2) is 18.0 Å². The van der Waals surface area contributed by atoms with E-state index in [4.69, 9.17) is 15.6 Å². The first-order valence-corrected chi connectivity index (χ1v) is 10.9. The van der Waals surface area contributed by atoms with Gasteiger partial charge >= 0.3 is 18.1 Å². The van der Waals surface area contributed by atoms with Gasteiger partial charge in [0.1, 0.15) is 11.3 Å². The third-order valence-corrected chi connectivity index (χ3v) is 5.64. The first-order valence-electron chi connectivity index (χ1n) is 9.45. The van der Waals surface area contributed by atoms with Crippen LogP contribution < -0.4 is 10.5 Å². The molecule has 0 aromatic heterocycles. The Balaban J connectivity index is 0.000000540. The largest absolute Gasteiger partial charge is 0.507 e. The number of phenolic OH excluding ortho intramolecular Hbond substituents is 1. The van der Waals surface area contributed by atoms with E-state index >= 15 is 0 Å². The summed E-state index contributed by atoms with van der Waals surface area (Å²) >= 11 is 0. The van der Waals surface area contributed by atoms with E-state index in [9.17, 15) is 31.5 Å². The van der Waals surface area contributed by atoms with E-state index in [-0.39, 0.29) is 21.9 Å². The molecule has 0 spiro atoms. The smallest absolute Gasteiger partial charge is 0.490 e. The van der Waals surface area contributed by atoms with Crippen LogP contribution in [0.25, 0.3) is 11.1 Å². The van der Waals surface area contributed by atoms with Crippen molar-refractivity contribution in [2.45, 2.75) is 11.1 Å². The van der Waals surface area contributed by atoms with Crippen molar-refractivity contribution in [3.05, 3.63) is 72.3 Å². The number of carbonyl (C=O) groups is 2. The van der Waals surface area contributed by atoms with E-state index in [2.05, 4.69) is 9.46 Å². The van der Waals surface area contributed by atoms with Crippen molar-refractivity contribution >= 4 is 33.3 Å². The standard InChI is InChI=1S/C20H18N2O5S.C2HF3O2/c1-27-20(24)18-9-8-16(12-19(18)23)22-28(25,26)17-7-3-5-14(11-17)13-4-2-6-15(21)10-13;3-2(4,5)1(6)7/h2-12,22-23H,21H2,1H3;(H,6,7). The maximum atomic E-state index is 12.7. The second-order valence-electron chi connectivity index (χ2n) is 6.79. The van der Waals surface area contributed by atoms with Gasteiger partial charge in [-0.15, -0.1) is 0 Å². The number of aliphatic carboxylic acids is 1. The molecule has 5 N–H and O–H groups in total. The van der Waals surface area contributed by atoms with E-state index in [1.54, 1.807) is 30.3 Å². The molecular weight excluding hydrogens is 493 g/mol. The summed E-state index contributed by atoms with van der Waals surface area (Å²) in [6, 6.07) is 17.3. The molecule has 3 aromatic rings. The molecule has 0 unspecified atom stereocenters. The number of sulfonamides is 1. The molecule has 0 saturated carbocycles. The monoisotopic (exact) mass is 512 g/mol. The van der Waals surface area contributed by atoms with E-state index in [1.165, 1.54) is 31.4 Å². The number of ether oxygens (including phenoxy) is 1. The molecule has 3 aromatic carbocycles. The predicted molar refractivity (Wildman–Crippen MR) is 120 cm³/mol. The van der Waals surface area contributed by atoms with Gasteiger partial charge in [-0.1, -0.05) is 24.3 Å². The summed E-state index contributed by atoms with van der Waals surface area (Å²) in [5.41, 5.74) is 7.90. The molecule has 9 nitrogen and oxygen atoms in total. The lowest BCUT2D eigenvalue weighted by atomic mass is 10.1. The lowest BCUT2D eigenvalue weighted by Crippen LogP contribution is -2.21. The van der Waals surface area contributed by atoms with Gasteiger partial charge in [-0.2, -0.15) is 13.2 Å². The zero-order valence-corrected chi connectivity index (χ0v) is 18.7. The molecule has 35 heavy (non-hydrogen) atoms. The van der Waals surface area contributed by atoms with Crippen LogP contribution in [0.2, 0.25) is 0 Å². The molecule has 186 valence electrons. The van der Waals surface area contributed by atoms with Gasteiger partial charge in [-0.3, -0.25) is 4.72 Å². The van der Waals surface area contributed by atoms with Gasteiger partial charge in [0.15, 0.2) is 0 Å². The summed E-state index contributed by atoms with van der Waals surface area (Å²) in [5.74, 6) is -3.87. The summed E-state index contributed by atoms with van der Waals surface area (Å²) < 4.78 is 64.1. The SMILES string of the molecule is COC(=O)c1ccc(NS(=O)(=O)c2cccc(-c3cccc(N)c3)c2)cc1O.O=C(O)C(F)(F)F. The van der Waals surface area contributed by atoms with E-state index in [0.29, 0.717) is 11.3 Å². The van der Waals surface area contributed by atoms with E-state index in [1.807, 2.05) is 6.07 Å². The number of carbonyl (C=O) groups excluding carboxylic acids is 1. The zero-order chi connectivity index (χ0) is 26.4. The Kier molecular flexibility index (Phi) is 8.31. The van der Waals surface area contributed by atoms with Crippen molar-refractivity contribution in [3.8, 4) is 16.9 Å². The summed E-state index contributed by atoms with van der Waals surface area (Å²) in [5, 5.41) is 17.1. The van der Waals surface area contributed by atoms with Crippen LogP contribution in [0.4, 0.5) is 24.5 Å². The molecule has 0 saturated heterocycles. The fraction of sp³-hybridized carbons (Fsp3) is 0.0909. The van der Waals surface area contributed by atoms with Crippen LogP contribution in [0, 0.1) is 0 Å². The Morgan fingerprint density at radius 1 is 0.971 bits per heavy atom. The molecule has 0 atom stereocenters. The highest BCUT2D eigenvalue weighted by Gasteiger charge is 2.38. The van der Waals surface area contributed by atoms with Crippen LogP contribution in [0.3, 0.4) is 0 Å². The molecule has 3 rings (SSSR count). The third kappa shape index (κ3) is 7.37. The van der Waals surface area contributed by atoms with Crippen molar-refractivity contribution in [2.24, 2.45) is 0 Å². The number of esters is 1. The minimum Gasteiger partial charge on any atom is -0.507 e. The summed E-state index contributed by atoms with van der Waals surface area (Å²) in [7, 11) is -2.73. The molecule has 0 bridgehead atoms. The first-order chi connectivity index (χ1) is 16.2. The number of anilines is 2. The molecule has 0 aliphatic rings. The number of phenols is 1. The van der Waals surface area contributed by atoms with Crippen LogP contribution in [0.15, 0.2) is 71.6 Å². The highest BCUT2D eigenvalue weighted by Crippen LogP contribution is 2.27. The average molecular weight is 512 g/mol. The number of rotatable bonds is 5. The zero-order valence-electron chi connectivity index (χ0n) is 17.9. The number of carboxylic acids is 1. The van der Waals surface area contributed by atoms with Crippen LogP contribution in [-0.2, 0) is 19.6 Å². The van der Waals surface area contributed by atoms with Crippen molar-refractivity contribution in [1.29, 1.82) is 0 Å². The number of nitrogens with one attached hydrogen (secondary N) is 1. The Morgan fingerprint density at radius 2 is 1.54 bits per heavy atom. The van der Waals surface area contributed by atoms with Gasteiger partial charge in [-0.05, 0) is 47.5 Å². The lowest BCUT2D eigenvalue weighted by Gasteiger charge is -2.11. The summed E-state index contributed by atoms with van der Waals surface area (Å²) in [6.45, 7) is 0. The number of methoxy groups -OCH3 is 1. The number of carboxylic acid groups (broad SMARTS) is 1.